The Balaban J connectivity index is 1.36. The number of hydrogen-bond donors (Lipinski definition) is 1. The van der Waals surface area contributed by atoms with E-state index in [1.807, 2.05) is 29.1 Å². The molecular weight excluding hydrogens is 414 g/mol. The minimum atomic E-state index is -0.140. The van der Waals surface area contributed by atoms with Gasteiger partial charge in [-0.2, -0.15) is 0 Å². The molecule has 3 aromatic heterocycles. The molecule has 0 aliphatic carbocycles. The summed E-state index contributed by atoms with van der Waals surface area (Å²) in [6.07, 6.45) is 4.76. The van der Waals surface area contributed by atoms with Crippen molar-refractivity contribution in [3.63, 3.8) is 0 Å². The molecule has 4 heterocycles. The fourth-order valence-electron chi connectivity index (χ4n) is 3.72. The van der Waals surface area contributed by atoms with Gasteiger partial charge in [0.25, 0.3) is 5.91 Å². The summed E-state index contributed by atoms with van der Waals surface area (Å²) in [6.45, 7) is 1.32. The first kappa shape index (κ1) is 19.4. The third-order valence-electron chi connectivity index (χ3n) is 5.26. The summed E-state index contributed by atoms with van der Waals surface area (Å²) in [4.78, 5) is 21.7. The van der Waals surface area contributed by atoms with Gasteiger partial charge >= 0.3 is 0 Å². The molecule has 5 nitrogen and oxygen atoms in total. The number of nitrogens with zero attached hydrogens (tertiary/aromatic N) is 2. The maximum atomic E-state index is 12.7. The van der Waals surface area contributed by atoms with E-state index in [1.165, 1.54) is 5.56 Å². The molecule has 1 fully saturated rings. The monoisotopic (exact) mass is 435 g/mol. The lowest BCUT2D eigenvalue weighted by atomic mass is 10.0. The van der Waals surface area contributed by atoms with Crippen LogP contribution in [0, 0.1) is 0 Å². The molecule has 7 heteroatoms. The smallest absolute Gasteiger partial charge is 0.270 e. The number of aromatic nitrogens is 2. The van der Waals surface area contributed by atoms with Gasteiger partial charge in [0.15, 0.2) is 0 Å². The molecule has 152 valence electrons. The Morgan fingerprint density at radius 1 is 1.17 bits per heavy atom. The summed E-state index contributed by atoms with van der Waals surface area (Å²) in [6, 6.07) is 12.4. The van der Waals surface area contributed by atoms with Crippen LogP contribution in [0.4, 0.5) is 0 Å². The van der Waals surface area contributed by atoms with Gasteiger partial charge in [0.2, 0.25) is 0 Å². The molecule has 1 amide bonds. The second kappa shape index (κ2) is 8.63. The number of carbonyl (C=O) groups excluding carboxylic acids is 1. The average molecular weight is 436 g/mol. The minimum absolute atomic E-state index is 0.120. The van der Waals surface area contributed by atoms with Gasteiger partial charge in [0.05, 0.1) is 16.3 Å². The zero-order valence-electron chi connectivity index (χ0n) is 16.3. The second-order valence-electron chi connectivity index (χ2n) is 7.36. The molecule has 0 spiro atoms. The predicted molar refractivity (Wildman–Crippen MR) is 121 cm³/mol. The van der Waals surface area contributed by atoms with Gasteiger partial charge in [-0.25, -0.2) is 9.97 Å². The van der Waals surface area contributed by atoms with Crippen LogP contribution in [0.1, 0.15) is 34.5 Å². The third kappa shape index (κ3) is 4.14. The van der Waals surface area contributed by atoms with Crippen LogP contribution in [0.25, 0.3) is 20.8 Å². The average Bonchev–Trinajstić information content (AvgIpc) is 3.55. The zero-order chi connectivity index (χ0) is 20.3. The fraction of sp³-hybridized carbons (Fsp3) is 0.261. The van der Waals surface area contributed by atoms with Crippen molar-refractivity contribution in [2.45, 2.75) is 25.4 Å². The SMILES string of the molecule is O=C(NCC1CCCO1)c1cc(Cc2ccc(-c3nccs3)cc2)c2sccc2n1. The number of thiophene rings is 1. The van der Waals surface area contributed by atoms with Gasteiger partial charge in [-0.05, 0) is 47.9 Å². The lowest BCUT2D eigenvalue weighted by Crippen LogP contribution is -2.32. The summed E-state index contributed by atoms with van der Waals surface area (Å²) in [5, 5.41) is 8.02. The predicted octanol–water partition coefficient (Wildman–Crippen LogP) is 4.92. The van der Waals surface area contributed by atoms with Crippen LogP contribution in [0.2, 0.25) is 0 Å². The highest BCUT2D eigenvalue weighted by Crippen LogP contribution is 2.28. The molecule has 1 atom stereocenters. The summed E-state index contributed by atoms with van der Waals surface area (Å²) in [5.41, 5.74) is 4.78. The Kier molecular flexibility index (Phi) is 5.57. The molecule has 0 saturated carbocycles. The van der Waals surface area contributed by atoms with Crippen LogP contribution in [0.15, 0.2) is 53.4 Å². The van der Waals surface area contributed by atoms with Crippen molar-refractivity contribution in [2.24, 2.45) is 0 Å². The normalized spacial score (nSPS) is 16.2. The Bertz CT molecular complexity index is 1150. The van der Waals surface area contributed by atoms with Crippen LogP contribution in [0.3, 0.4) is 0 Å². The standard InChI is InChI=1S/C23H21N3O2S2/c27-22(25-14-18-2-1-9-28-18)20-13-17(21-19(26-20)7-10-29-21)12-15-3-5-16(6-4-15)23-24-8-11-30-23/h3-8,10-11,13,18H,1-2,9,12,14H2,(H,25,27). The fourth-order valence-corrected chi connectivity index (χ4v) is 5.22. The molecule has 0 bridgehead atoms. The first-order valence-electron chi connectivity index (χ1n) is 10.0. The topological polar surface area (TPSA) is 64.1 Å². The molecule has 1 aliphatic heterocycles. The highest BCUT2D eigenvalue weighted by molar-refractivity contribution is 7.17. The van der Waals surface area contributed by atoms with Crippen molar-refractivity contribution >= 4 is 38.8 Å². The largest absolute Gasteiger partial charge is 0.376 e. The highest BCUT2D eigenvalue weighted by atomic mass is 32.1. The Morgan fingerprint density at radius 2 is 2.07 bits per heavy atom. The van der Waals surface area contributed by atoms with E-state index >= 15 is 0 Å². The van der Waals surface area contributed by atoms with E-state index in [2.05, 4.69) is 39.6 Å². The molecule has 1 N–H and O–H groups in total. The summed E-state index contributed by atoms with van der Waals surface area (Å²) in [5.74, 6) is -0.140. The first-order chi connectivity index (χ1) is 14.8. The second-order valence-corrected chi connectivity index (χ2v) is 9.17. The molecule has 30 heavy (non-hydrogen) atoms. The Morgan fingerprint density at radius 3 is 2.83 bits per heavy atom. The molecule has 5 rings (SSSR count). The molecule has 1 aliphatic rings. The summed E-state index contributed by atoms with van der Waals surface area (Å²) < 4.78 is 6.73. The van der Waals surface area contributed by atoms with E-state index in [-0.39, 0.29) is 12.0 Å². The number of rotatable bonds is 6. The Labute approximate surface area is 182 Å². The molecular formula is C23H21N3O2S2. The van der Waals surface area contributed by atoms with Crippen molar-refractivity contribution in [1.82, 2.24) is 15.3 Å². The van der Waals surface area contributed by atoms with Crippen molar-refractivity contribution < 1.29 is 9.53 Å². The van der Waals surface area contributed by atoms with Gasteiger partial charge in [-0.3, -0.25) is 4.79 Å². The van der Waals surface area contributed by atoms with E-state index in [0.29, 0.717) is 12.2 Å². The highest BCUT2D eigenvalue weighted by Gasteiger charge is 2.18. The van der Waals surface area contributed by atoms with E-state index in [9.17, 15) is 4.79 Å². The van der Waals surface area contributed by atoms with Crippen molar-refractivity contribution in [2.75, 3.05) is 13.2 Å². The number of thiazole rings is 1. The number of amides is 1. The number of carbonyl (C=O) groups is 1. The zero-order valence-corrected chi connectivity index (χ0v) is 18.0. The van der Waals surface area contributed by atoms with Gasteiger partial charge in [0.1, 0.15) is 10.7 Å². The third-order valence-corrected chi connectivity index (χ3v) is 7.06. The van der Waals surface area contributed by atoms with Crippen LogP contribution >= 0.6 is 22.7 Å². The summed E-state index contributed by atoms with van der Waals surface area (Å²) >= 11 is 3.30. The van der Waals surface area contributed by atoms with Gasteiger partial charge in [0, 0.05) is 30.3 Å². The lowest BCUT2D eigenvalue weighted by Gasteiger charge is -2.11. The molecule has 1 aromatic carbocycles. The minimum Gasteiger partial charge on any atom is -0.376 e. The molecule has 1 saturated heterocycles. The number of pyridine rings is 1. The van der Waals surface area contributed by atoms with Gasteiger partial charge in [-0.15, -0.1) is 22.7 Å². The quantitative estimate of drug-likeness (QED) is 0.467. The maximum absolute atomic E-state index is 12.7. The van der Waals surface area contributed by atoms with Crippen molar-refractivity contribution in [3.05, 3.63) is 70.2 Å². The first-order valence-corrected chi connectivity index (χ1v) is 11.8. The van der Waals surface area contributed by atoms with Gasteiger partial charge in [-0.1, -0.05) is 24.3 Å². The number of ether oxygens (including phenoxy) is 1. The number of benzene rings is 1. The molecule has 4 aromatic rings. The number of nitrogens with one attached hydrogen (secondary N) is 1. The lowest BCUT2D eigenvalue weighted by molar-refractivity contribution is 0.0854. The number of hydrogen-bond acceptors (Lipinski definition) is 6. The molecule has 0 radical (unpaired) electrons. The van der Waals surface area contributed by atoms with E-state index in [1.54, 1.807) is 22.7 Å². The van der Waals surface area contributed by atoms with Crippen LogP contribution < -0.4 is 5.32 Å². The number of fused-ring (bicyclic) bond motifs is 1. The van der Waals surface area contributed by atoms with Crippen LogP contribution in [-0.4, -0.2) is 35.1 Å². The summed E-state index contributed by atoms with van der Waals surface area (Å²) in [7, 11) is 0. The van der Waals surface area contributed by atoms with E-state index in [4.69, 9.17) is 4.74 Å². The van der Waals surface area contributed by atoms with Crippen LogP contribution in [0.5, 0.6) is 0 Å². The molecule has 1 unspecified atom stereocenters. The van der Waals surface area contributed by atoms with E-state index in [0.717, 1.165) is 52.2 Å². The van der Waals surface area contributed by atoms with Gasteiger partial charge < -0.3 is 10.1 Å². The van der Waals surface area contributed by atoms with E-state index < -0.39 is 0 Å². The van der Waals surface area contributed by atoms with Crippen molar-refractivity contribution in [3.8, 4) is 10.6 Å². The van der Waals surface area contributed by atoms with Crippen molar-refractivity contribution in [1.29, 1.82) is 0 Å². The maximum Gasteiger partial charge on any atom is 0.270 e. The Hall–Kier alpha value is -2.61. The van der Waals surface area contributed by atoms with Crippen LogP contribution in [-0.2, 0) is 11.2 Å².